The van der Waals surface area contributed by atoms with Gasteiger partial charge >= 0.3 is 0 Å². The number of fused-ring (bicyclic) bond motifs is 2. The van der Waals surface area contributed by atoms with Crippen LogP contribution in [0.25, 0.3) is 28.1 Å². The largest absolute Gasteiger partial charge is 0.437 e. The number of benzene rings is 2. The van der Waals surface area contributed by atoms with Crippen LogP contribution in [-0.4, -0.2) is 15.9 Å². The van der Waals surface area contributed by atoms with E-state index in [0.29, 0.717) is 17.2 Å². The molecule has 0 radical (unpaired) electrons. The molecule has 0 fully saturated rings. The number of hydrogen-bond donors (Lipinski definition) is 1. The lowest BCUT2D eigenvalue weighted by Gasteiger charge is -2.05. The molecule has 5 nitrogen and oxygen atoms in total. The van der Waals surface area contributed by atoms with Crippen molar-refractivity contribution >= 4 is 39.7 Å². The lowest BCUT2D eigenvalue weighted by molar-refractivity contribution is -0.111. The first-order chi connectivity index (χ1) is 11.8. The van der Waals surface area contributed by atoms with Gasteiger partial charge in [0.15, 0.2) is 5.58 Å². The van der Waals surface area contributed by atoms with Crippen LogP contribution in [0.5, 0.6) is 0 Å². The van der Waals surface area contributed by atoms with Gasteiger partial charge in [0, 0.05) is 23.7 Å². The number of aromatic nitrogens is 2. The molecule has 0 atom stereocenters. The van der Waals surface area contributed by atoms with Gasteiger partial charge in [0.25, 0.3) is 0 Å². The number of pyridine rings is 1. The Labute approximate surface area is 137 Å². The zero-order valence-electron chi connectivity index (χ0n) is 12.6. The number of rotatable bonds is 3. The summed E-state index contributed by atoms with van der Waals surface area (Å²) in [5, 5.41) is 3.75. The van der Waals surface area contributed by atoms with Crippen LogP contribution >= 0.6 is 0 Å². The number of nitrogens with one attached hydrogen (secondary N) is 1. The Bertz CT molecular complexity index is 1030. The van der Waals surface area contributed by atoms with Crippen molar-refractivity contribution in [1.82, 2.24) is 9.97 Å². The van der Waals surface area contributed by atoms with Crippen molar-refractivity contribution in [3.05, 3.63) is 72.8 Å². The quantitative estimate of drug-likeness (QED) is 0.580. The Morgan fingerprint density at radius 3 is 2.79 bits per heavy atom. The zero-order valence-corrected chi connectivity index (χ0v) is 12.6. The summed E-state index contributed by atoms with van der Waals surface area (Å²) in [6, 6.07) is 16.8. The maximum Gasteiger partial charge on any atom is 0.248 e. The van der Waals surface area contributed by atoms with Gasteiger partial charge in [-0.1, -0.05) is 18.2 Å². The van der Waals surface area contributed by atoms with Crippen LogP contribution in [0, 0.1) is 0 Å². The van der Waals surface area contributed by atoms with E-state index in [1.54, 1.807) is 12.3 Å². The van der Waals surface area contributed by atoms with E-state index < -0.39 is 0 Å². The molecule has 2 aromatic heterocycles. The molecule has 2 heterocycles. The van der Waals surface area contributed by atoms with Crippen LogP contribution in [0.15, 0.2) is 71.3 Å². The average Bonchev–Trinajstić information content (AvgIpc) is 3.03. The molecule has 1 N–H and O–H groups in total. The van der Waals surface area contributed by atoms with Crippen molar-refractivity contribution in [2.75, 3.05) is 5.32 Å². The number of carbonyl (C=O) groups excluding carboxylic acids is 1. The van der Waals surface area contributed by atoms with Gasteiger partial charge in [0.1, 0.15) is 5.52 Å². The molecular weight excluding hydrogens is 302 g/mol. The van der Waals surface area contributed by atoms with Crippen LogP contribution in [-0.2, 0) is 4.79 Å². The normalized spacial score (nSPS) is 11.3. The van der Waals surface area contributed by atoms with Crippen molar-refractivity contribution < 1.29 is 9.21 Å². The smallest absolute Gasteiger partial charge is 0.248 e. The monoisotopic (exact) mass is 315 g/mol. The van der Waals surface area contributed by atoms with E-state index in [0.717, 1.165) is 16.4 Å². The zero-order chi connectivity index (χ0) is 16.4. The first-order valence-electron chi connectivity index (χ1n) is 7.48. The highest BCUT2D eigenvalue weighted by Crippen LogP contribution is 2.21. The minimum Gasteiger partial charge on any atom is -0.437 e. The van der Waals surface area contributed by atoms with Gasteiger partial charge in [-0.15, -0.1) is 0 Å². The fourth-order valence-electron chi connectivity index (χ4n) is 2.50. The highest BCUT2D eigenvalue weighted by molar-refractivity contribution is 6.06. The van der Waals surface area contributed by atoms with Crippen molar-refractivity contribution in [1.29, 1.82) is 0 Å². The molecule has 4 aromatic rings. The Morgan fingerprint density at radius 1 is 1.00 bits per heavy atom. The highest BCUT2D eigenvalue weighted by atomic mass is 16.3. The number of hydrogen-bond acceptors (Lipinski definition) is 4. The summed E-state index contributed by atoms with van der Waals surface area (Å²) in [5.41, 5.74) is 3.00. The van der Waals surface area contributed by atoms with E-state index in [1.807, 2.05) is 54.6 Å². The van der Waals surface area contributed by atoms with Gasteiger partial charge in [-0.3, -0.25) is 9.78 Å². The molecule has 0 saturated heterocycles. The fraction of sp³-hybridized carbons (Fsp3) is 0. The third kappa shape index (κ3) is 2.75. The van der Waals surface area contributed by atoms with Crippen LogP contribution in [0.3, 0.4) is 0 Å². The molecule has 0 aliphatic rings. The number of oxazole rings is 1. The van der Waals surface area contributed by atoms with E-state index in [2.05, 4.69) is 15.3 Å². The van der Waals surface area contributed by atoms with Crippen molar-refractivity contribution in [3.63, 3.8) is 0 Å². The molecule has 4 rings (SSSR count). The number of anilines is 1. The van der Waals surface area contributed by atoms with Gasteiger partial charge in [0.2, 0.25) is 11.8 Å². The maximum absolute atomic E-state index is 12.2. The van der Waals surface area contributed by atoms with Gasteiger partial charge in [0.05, 0.1) is 11.2 Å². The summed E-state index contributed by atoms with van der Waals surface area (Å²) in [6.07, 6.45) is 4.68. The number of carbonyl (C=O) groups is 1. The lowest BCUT2D eigenvalue weighted by atomic mass is 10.2. The Balaban J connectivity index is 1.55. The predicted molar refractivity (Wildman–Crippen MR) is 93.4 cm³/mol. The van der Waals surface area contributed by atoms with Gasteiger partial charge in [-0.25, -0.2) is 4.98 Å². The van der Waals surface area contributed by atoms with Crippen molar-refractivity contribution in [3.8, 4) is 0 Å². The predicted octanol–water partition coefficient (Wildman–Crippen LogP) is 4.03. The highest BCUT2D eigenvalue weighted by Gasteiger charge is 2.05. The second-order valence-electron chi connectivity index (χ2n) is 5.22. The molecule has 116 valence electrons. The van der Waals surface area contributed by atoms with Crippen molar-refractivity contribution in [2.24, 2.45) is 0 Å². The molecule has 2 aromatic carbocycles. The van der Waals surface area contributed by atoms with Crippen LogP contribution in [0.2, 0.25) is 0 Å². The second kappa shape index (κ2) is 5.96. The molecule has 0 spiro atoms. The Kier molecular flexibility index (Phi) is 3.51. The summed E-state index contributed by atoms with van der Waals surface area (Å²) in [4.78, 5) is 20.7. The first-order valence-corrected chi connectivity index (χ1v) is 7.48. The van der Waals surface area contributed by atoms with E-state index >= 15 is 0 Å². The number of amides is 1. The summed E-state index contributed by atoms with van der Waals surface area (Å²) in [7, 11) is 0. The van der Waals surface area contributed by atoms with Gasteiger partial charge in [-0.05, 0) is 36.4 Å². The van der Waals surface area contributed by atoms with Gasteiger partial charge in [-0.2, -0.15) is 0 Å². The van der Waals surface area contributed by atoms with Crippen LogP contribution in [0.4, 0.5) is 5.69 Å². The van der Waals surface area contributed by atoms with E-state index in [9.17, 15) is 4.79 Å². The van der Waals surface area contributed by atoms with E-state index in [4.69, 9.17) is 4.42 Å². The van der Waals surface area contributed by atoms with E-state index in [-0.39, 0.29) is 5.91 Å². The van der Waals surface area contributed by atoms with Crippen molar-refractivity contribution in [2.45, 2.75) is 0 Å². The second-order valence-corrected chi connectivity index (χ2v) is 5.22. The molecule has 0 bridgehead atoms. The summed E-state index contributed by atoms with van der Waals surface area (Å²) in [5.74, 6) is 0.138. The molecule has 5 heteroatoms. The molecular formula is C19H13N3O2. The third-order valence-corrected chi connectivity index (χ3v) is 3.59. The molecule has 24 heavy (non-hydrogen) atoms. The van der Waals surface area contributed by atoms with Crippen LogP contribution < -0.4 is 5.32 Å². The molecule has 1 amide bonds. The maximum atomic E-state index is 12.2. The lowest BCUT2D eigenvalue weighted by Crippen LogP contribution is -2.08. The molecule has 0 saturated carbocycles. The SMILES string of the molecule is O=C(/C=C/c1nc2ccccc2o1)Nc1cccc2ncccc12. The summed E-state index contributed by atoms with van der Waals surface area (Å²) < 4.78 is 5.55. The molecule has 0 aliphatic heterocycles. The van der Waals surface area contributed by atoms with Gasteiger partial charge < -0.3 is 9.73 Å². The minimum absolute atomic E-state index is 0.256. The first kappa shape index (κ1) is 14.1. The molecule has 0 unspecified atom stereocenters. The fourth-order valence-corrected chi connectivity index (χ4v) is 2.50. The summed E-state index contributed by atoms with van der Waals surface area (Å²) in [6.45, 7) is 0. The van der Waals surface area contributed by atoms with Crippen LogP contribution in [0.1, 0.15) is 5.89 Å². The molecule has 0 aliphatic carbocycles. The average molecular weight is 315 g/mol. The Hall–Kier alpha value is -3.47. The number of nitrogens with zero attached hydrogens (tertiary/aromatic N) is 2. The Morgan fingerprint density at radius 2 is 1.88 bits per heavy atom. The third-order valence-electron chi connectivity index (χ3n) is 3.59. The van der Waals surface area contributed by atoms with E-state index in [1.165, 1.54) is 6.08 Å². The minimum atomic E-state index is -0.256. The standard InChI is InChI=1S/C19H13N3O2/c23-18(10-11-19-22-16-6-1-2-9-17(16)24-19)21-15-8-3-7-14-13(15)5-4-12-20-14/h1-12H,(H,21,23)/b11-10+. The summed E-state index contributed by atoms with van der Waals surface area (Å²) >= 11 is 0. The number of para-hydroxylation sites is 2. The topological polar surface area (TPSA) is 68.0 Å².